The van der Waals surface area contributed by atoms with Crippen LogP contribution in [-0.2, 0) is 23.3 Å². The minimum absolute atomic E-state index is 0.0102. The third-order valence-corrected chi connectivity index (χ3v) is 8.28. The number of carboxylic acid groups (broad SMARTS) is 1. The topological polar surface area (TPSA) is 170 Å². The number of carbonyl (C=O) groups is 2. The molecule has 4 aromatic heterocycles. The summed E-state index contributed by atoms with van der Waals surface area (Å²) >= 11 is 1.51. The van der Waals surface area contributed by atoms with Crippen LogP contribution in [0, 0.1) is 0 Å². The van der Waals surface area contributed by atoms with Gasteiger partial charge in [-0.2, -0.15) is 0 Å². The fourth-order valence-corrected chi connectivity index (χ4v) is 6.26. The average molecular weight is 616 g/mol. The van der Waals surface area contributed by atoms with E-state index in [0.29, 0.717) is 24.4 Å². The summed E-state index contributed by atoms with van der Waals surface area (Å²) in [6.45, 7) is 2.64. The van der Waals surface area contributed by atoms with Crippen molar-refractivity contribution >= 4 is 23.3 Å². The van der Waals surface area contributed by atoms with Gasteiger partial charge in [-0.15, -0.1) is 21.5 Å². The van der Waals surface area contributed by atoms with Gasteiger partial charge in [0, 0.05) is 31.0 Å². The van der Waals surface area contributed by atoms with E-state index in [1.807, 2.05) is 35.7 Å². The molecule has 1 saturated heterocycles. The van der Waals surface area contributed by atoms with Gasteiger partial charge in [0.25, 0.3) is 11.8 Å². The molecule has 5 aromatic rings. The first-order valence-electron chi connectivity index (χ1n) is 13.9. The third kappa shape index (κ3) is 6.07. The largest absolute Gasteiger partial charge is 0.465 e. The van der Waals surface area contributed by atoms with Crippen molar-refractivity contribution in [3.63, 3.8) is 0 Å². The van der Waals surface area contributed by atoms with Gasteiger partial charge in [0.2, 0.25) is 11.8 Å². The Bertz CT molecular complexity index is 1760. The standard InChI is InChI=1S/C30H29N7O6S/c1-30(34-29(39)40,15-18-7-4-3-5-8-18)28-36-35-25(43-28)22-14-19(13-21(33-22)24-31-10-12-42-24)27(38)37-11-6-9-23(37)26-32-20(16-41-2)17-44-26/h3-5,7-8,10,12-14,17,23,34H,6,9,11,15-16H2,1-2H3,(H,39,40)/t23-,30-/m1/s1. The molecule has 2 N–H and O–H groups in total. The summed E-state index contributed by atoms with van der Waals surface area (Å²) < 4.78 is 16.8. The highest BCUT2D eigenvalue weighted by Crippen LogP contribution is 2.36. The Morgan fingerprint density at radius 1 is 1.16 bits per heavy atom. The number of hydrogen-bond donors (Lipinski definition) is 2. The van der Waals surface area contributed by atoms with Crippen LogP contribution < -0.4 is 5.32 Å². The lowest BCUT2D eigenvalue weighted by Crippen LogP contribution is -2.44. The predicted octanol–water partition coefficient (Wildman–Crippen LogP) is 5.09. The molecular weight excluding hydrogens is 586 g/mol. The number of benzene rings is 1. The number of ether oxygens (including phenoxy) is 1. The Labute approximate surface area is 256 Å². The summed E-state index contributed by atoms with van der Waals surface area (Å²) in [5.41, 5.74) is 1.31. The lowest BCUT2D eigenvalue weighted by molar-refractivity contribution is 0.0735. The highest BCUT2D eigenvalue weighted by molar-refractivity contribution is 7.09. The Morgan fingerprint density at radius 2 is 1.95 bits per heavy atom. The van der Waals surface area contributed by atoms with Gasteiger partial charge in [0.1, 0.15) is 28.2 Å². The molecule has 0 radical (unpaired) electrons. The second-order valence-corrected chi connectivity index (χ2v) is 11.5. The first-order chi connectivity index (χ1) is 21.3. The summed E-state index contributed by atoms with van der Waals surface area (Å²) in [5.74, 6) is 0.0547. The predicted molar refractivity (Wildman–Crippen MR) is 158 cm³/mol. The van der Waals surface area contributed by atoms with Crippen LogP contribution in [0.25, 0.3) is 23.2 Å². The minimum Gasteiger partial charge on any atom is -0.465 e. The molecule has 1 aliphatic heterocycles. The molecule has 0 aliphatic carbocycles. The number of hydrogen-bond acceptors (Lipinski definition) is 11. The number of likely N-dealkylation sites (tertiary alicyclic amines) is 1. The van der Waals surface area contributed by atoms with Crippen molar-refractivity contribution in [2.45, 2.75) is 44.4 Å². The molecule has 226 valence electrons. The van der Waals surface area contributed by atoms with Crippen molar-refractivity contribution < 1.29 is 28.3 Å². The van der Waals surface area contributed by atoms with Crippen molar-refractivity contribution in [1.29, 1.82) is 0 Å². The van der Waals surface area contributed by atoms with E-state index in [2.05, 4.69) is 30.5 Å². The Morgan fingerprint density at radius 3 is 2.68 bits per heavy atom. The second kappa shape index (κ2) is 12.3. The number of nitrogens with zero attached hydrogens (tertiary/aromatic N) is 6. The Kier molecular flexibility index (Phi) is 8.17. The van der Waals surface area contributed by atoms with Gasteiger partial charge < -0.3 is 28.9 Å². The highest BCUT2D eigenvalue weighted by atomic mass is 32.1. The van der Waals surface area contributed by atoms with Gasteiger partial charge in [0.15, 0.2) is 0 Å². The molecule has 5 heterocycles. The first kappa shape index (κ1) is 29.1. The third-order valence-electron chi connectivity index (χ3n) is 7.28. The maximum Gasteiger partial charge on any atom is 0.405 e. The molecule has 14 heteroatoms. The van der Waals surface area contributed by atoms with E-state index in [1.54, 1.807) is 31.1 Å². The Hall–Kier alpha value is -4.95. The van der Waals surface area contributed by atoms with E-state index in [9.17, 15) is 14.7 Å². The Balaban J connectivity index is 1.35. The molecule has 1 aliphatic rings. The molecule has 1 fully saturated rings. The van der Waals surface area contributed by atoms with Crippen LogP contribution in [0.5, 0.6) is 0 Å². The molecule has 0 spiro atoms. The number of rotatable bonds is 10. The average Bonchev–Trinajstić information content (AvgIpc) is 3.84. The molecule has 0 bridgehead atoms. The molecular formula is C30H29N7O6S. The van der Waals surface area contributed by atoms with Gasteiger partial charge >= 0.3 is 6.09 Å². The monoisotopic (exact) mass is 615 g/mol. The highest BCUT2D eigenvalue weighted by Gasteiger charge is 2.36. The van der Waals surface area contributed by atoms with Crippen LogP contribution in [0.4, 0.5) is 4.79 Å². The SMILES string of the molecule is COCc1csc([C@H]2CCCN2C(=O)c2cc(-c3ncco3)nc(-c3nnc([C@@](C)(Cc4ccccc4)NC(=O)O)o3)c2)n1. The zero-order valence-corrected chi connectivity index (χ0v) is 24.8. The minimum atomic E-state index is -1.24. The van der Waals surface area contributed by atoms with Crippen LogP contribution in [0.3, 0.4) is 0 Å². The smallest absolute Gasteiger partial charge is 0.405 e. The maximum atomic E-state index is 14.0. The zero-order valence-electron chi connectivity index (χ0n) is 24.0. The van der Waals surface area contributed by atoms with E-state index in [1.165, 1.54) is 23.8 Å². The first-order valence-corrected chi connectivity index (χ1v) is 14.8. The van der Waals surface area contributed by atoms with Gasteiger partial charge in [-0.25, -0.2) is 19.7 Å². The van der Waals surface area contributed by atoms with Crippen LogP contribution in [0.2, 0.25) is 0 Å². The van der Waals surface area contributed by atoms with E-state index in [-0.39, 0.29) is 41.7 Å². The van der Waals surface area contributed by atoms with Crippen LogP contribution in [0.1, 0.15) is 58.3 Å². The van der Waals surface area contributed by atoms with E-state index in [0.717, 1.165) is 29.1 Å². The fraction of sp³-hybridized carbons (Fsp3) is 0.300. The van der Waals surface area contributed by atoms with Crippen molar-refractivity contribution in [1.82, 2.24) is 35.4 Å². The number of oxazole rings is 1. The number of methoxy groups -OCH3 is 1. The molecule has 13 nitrogen and oxygen atoms in total. The molecule has 6 rings (SSSR count). The summed E-state index contributed by atoms with van der Waals surface area (Å²) in [6.07, 6.45) is 3.55. The number of pyridine rings is 1. The van der Waals surface area contributed by atoms with E-state index >= 15 is 0 Å². The number of nitrogens with one attached hydrogen (secondary N) is 1. The second-order valence-electron chi connectivity index (χ2n) is 10.6. The van der Waals surface area contributed by atoms with E-state index < -0.39 is 11.6 Å². The van der Waals surface area contributed by atoms with Crippen LogP contribution in [0.15, 0.2) is 69.1 Å². The number of carbonyl (C=O) groups excluding carboxylic acids is 1. The summed E-state index contributed by atoms with van der Waals surface area (Å²) in [5, 5.41) is 23.3. The normalized spacial score (nSPS) is 16.1. The maximum absolute atomic E-state index is 14.0. The molecule has 2 atom stereocenters. The van der Waals surface area contributed by atoms with Gasteiger partial charge in [-0.1, -0.05) is 30.3 Å². The zero-order chi connectivity index (χ0) is 30.7. The van der Waals surface area contributed by atoms with Crippen molar-refractivity contribution in [3.05, 3.63) is 88.0 Å². The summed E-state index contributed by atoms with van der Waals surface area (Å²) in [6, 6.07) is 12.4. The molecule has 1 aromatic carbocycles. The van der Waals surface area contributed by atoms with Gasteiger partial charge in [-0.3, -0.25) is 4.79 Å². The number of aromatic nitrogens is 5. The lowest BCUT2D eigenvalue weighted by Gasteiger charge is -2.25. The van der Waals surface area contributed by atoms with Crippen LogP contribution >= 0.6 is 11.3 Å². The van der Waals surface area contributed by atoms with Crippen molar-refractivity contribution in [3.8, 4) is 23.2 Å². The van der Waals surface area contributed by atoms with Gasteiger partial charge in [0.05, 0.1) is 24.5 Å². The molecule has 2 amide bonds. The fourth-order valence-electron chi connectivity index (χ4n) is 5.31. The molecule has 0 unspecified atom stereocenters. The summed E-state index contributed by atoms with van der Waals surface area (Å²) in [7, 11) is 1.62. The molecule has 0 saturated carbocycles. The summed E-state index contributed by atoms with van der Waals surface area (Å²) in [4.78, 5) is 41.1. The quantitative estimate of drug-likeness (QED) is 0.214. The van der Waals surface area contributed by atoms with Gasteiger partial charge in [-0.05, 0) is 37.5 Å². The van der Waals surface area contributed by atoms with Crippen molar-refractivity contribution in [2.75, 3.05) is 13.7 Å². The number of thiazole rings is 1. The lowest BCUT2D eigenvalue weighted by atomic mass is 9.93. The molecule has 44 heavy (non-hydrogen) atoms. The van der Waals surface area contributed by atoms with E-state index in [4.69, 9.17) is 13.6 Å². The van der Waals surface area contributed by atoms with Crippen LogP contribution in [-0.4, -0.2) is 60.8 Å². The van der Waals surface area contributed by atoms with Crippen molar-refractivity contribution in [2.24, 2.45) is 0 Å². The number of amides is 2.